The standard InChI is InChI=1S/C19H24N4O4S/c1-4-28(26,27)23-10-7-14-5-6-15(12-17(14)23)18(24)22-16(11-13(2)3)19(25)21-9-8-20/h5-7,10,12-13,16H,4,9,11H2,1-3H3,(H,21,25)(H,22,24). The maximum atomic E-state index is 12.7. The summed E-state index contributed by atoms with van der Waals surface area (Å²) in [6, 6.07) is 7.46. The largest absolute Gasteiger partial charge is 0.341 e. The molecule has 0 aliphatic heterocycles. The van der Waals surface area contributed by atoms with Crippen molar-refractivity contribution in [3.63, 3.8) is 0 Å². The Labute approximate surface area is 164 Å². The zero-order valence-electron chi connectivity index (χ0n) is 16.1. The van der Waals surface area contributed by atoms with Gasteiger partial charge in [0.2, 0.25) is 15.9 Å². The van der Waals surface area contributed by atoms with E-state index in [0.717, 1.165) is 3.97 Å². The molecule has 9 heteroatoms. The van der Waals surface area contributed by atoms with E-state index in [9.17, 15) is 18.0 Å². The summed E-state index contributed by atoms with van der Waals surface area (Å²) in [6.45, 7) is 5.25. The van der Waals surface area contributed by atoms with Crippen LogP contribution >= 0.6 is 0 Å². The van der Waals surface area contributed by atoms with Crippen LogP contribution in [-0.2, 0) is 14.8 Å². The highest BCUT2D eigenvalue weighted by Gasteiger charge is 2.23. The Hall–Kier alpha value is -2.86. The lowest BCUT2D eigenvalue weighted by molar-refractivity contribution is -0.123. The van der Waals surface area contributed by atoms with Gasteiger partial charge < -0.3 is 10.6 Å². The zero-order valence-corrected chi connectivity index (χ0v) is 16.9. The molecular formula is C19H24N4O4S. The maximum absolute atomic E-state index is 12.7. The van der Waals surface area contributed by atoms with Crippen molar-refractivity contribution >= 4 is 32.7 Å². The van der Waals surface area contributed by atoms with Gasteiger partial charge in [0.05, 0.1) is 17.3 Å². The molecule has 1 heterocycles. The summed E-state index contributed by atoms with van der Waals surface area (Å²) in [7, 11) is -3.50. The first kappa shape index (κ1) is 21.4. The van der Waals surface area contributed by atoms with E-state index in [1.165, 1.54) is 12.3 Å². The van der Waals surface area contributed by atoms with Crippen molar-refractivity contribution in [2.45, 2.75) is 33.2 Å². The summed E-state index contributed by atoms with van der Waals surface area (Å²) in [5.41, 5.74) is 0.657. The van der Waals surface area contributed by atoms with E-state index in [1.807, 2.05) is 19.9 Å². The van der Waals surface area contributed by atoms with E-state index in [2.05, 4.69) is 10.6 Å². The molecule has 0 aliphatic rings. The second kappa shape index (κ2) is 8.89. The lowest BCUT2D eigenvalue weighted by atomic mass is 10.0. The van der Waals surface area contributed by atoms with Crippen LogP contribution in [0.15, 0.2) is 30.5 Å². The first-order valence-electron chi connectivity index (χ1n) is 8.99. The number of amides is 2. The number of carbonyl (C=O) groups is 2. The summed E-state index contributed by atoms with van der Waals surface area (Å²) in [4.78, 5) is 24.9. The molecule has 0 spiro atoms. The fraction of sp³-hybridized carbons (Fsp3) is 0.421. The normalized spacial score (nSPS) is 12.5. The van der Waals surface area contributed by atoms with Crippen molar-refractivity contribution < 1.29 is 18.0 Å². The highest BCUT2D eigenvalue weighted by atomic mass is 32.2. The van der Waals surface area contributed by atoms with E-state index in [-0.39, 0.29) is 23.8 Å². The van der Waals surface area contributed by atoms with Crippen LogP contribution in [0.4, 0.5) is 0 Å². The van der Waals surface area contributed by atoms with Crippen LogP contribution in [0.5, 0.6) is 0 Å². The average molecular weight is 404 g/mol. The van der Waals surface area contributed by atoms with Crippen LogP contribution in [0.25, 0.3) is 10.9 Å². The van der Waals surface area contributed by atoms with Gasteiger partial charge in [-0.1, -0.05) is 19.9 Å². The van der Waals surface area contributed by atoms with E-state index in [0.29, 0.717) is 17.3 Å². The minimum absolute atomic E-state index is 0.0667. The zero-order chi connectivity index (χ0) is 20.9. The first-order chi connectivity index (χ1) is 13.2. The molecule has 0 radical (unpaired) electrons. The lowest BCUT2D eigenvalue weighted by Gasteiger charge is -2.19. The third-order valence-electron chi connectivity index (χ3n) is 4.25. The van der Waals surface area contributed by atoms with E-state index in [1.54, 1.807) is 25.1 Å². The number of aromatic nitrogens is 1. The molecule has 0 fully saturated rings. The molecule has 1 atom stereocenters. The molecular weight excluding hydrogens is 380 g/mol. The van der Waals surface area contributed by atoms with Gasteiger partial charge in [-0.3, -0.25) is 9.59 Å². The molecule has 2 N–H and O–H groups in total. The number of nitriles is 1. The Bertz CT molecular complexity index is 1020. The Kier molecular flexibility index (Phi) is 6.80. The summed E-state index contributed by atoms with van der Waals surface area (Å²) >= 11 is 0. The highest BCUT2D eigenvalue weighted by molar-refractivity contribution is 7.90. The number of nitrogens with one attached hydrogen (secondary N) is 2. The highest BCUT2D eigenvalue weighted by Crippen LogP contribution is 2.20. The van der Waals surface area contributed by atoms with Crippen LogP contribution < -0.4 is 10.6 Å². The van der Waals surface area contributed by atoms with Gasteiger partial charge in [0, 0.05) is 17.1 Å². The Morgan fingerprint density at radius 1 is 1.25 bits per heavy atom. The average Bonchev–Trinajstić information content (AvgIpc) is 3.09. The molecule has 1 aromatic heterocycles. The number of benzene rings is 1. The monoisotopic (exact) mass is 404 g/mol. The second-order valence-corrected chi connectivity index (χ2v) is 8.95. The minimum Gasteiger partial charge on any atom is -0.341 e. The number of nitrogens with zero attached hydrogens (tertiary/aromatic N) is 2. The van der Waals surface area contributed by atoms with Crippen molar-refractivity contribution in [2.75, 3.05) is 12.3 Å². The topological polar surface area (TPSA) is 121 Å². The number of hydrogen-bond donors (Lipinski definition) is 2. The molecule has 0 bridgehead atoms. The molecule has 2 aromatic rings. The van der Waals surface area contributed by atoms with Gasteiger partial charge in [-0.05, 0) is 37.5 Å². The van der Waals surface area contributed by atoms with Gasteiger partial charge in [-0.2, -0.15) is 5.26 Å². The fourth-order valence-electron chi connectivity index (χ4n) is 2.82. The maximum Gasteiger partial charge on any atom is 0.252 e. The van der Waals surface area contributed by atoms with Crippen molar-refractivity contribution in [3.8, 4) is 6.07 Å². The number of carbonyl (C=O) groups excluding carboxylic acids is 2. The molecule has 28 heavy (non-hydrogen) atoms. The number of hydrogen-bond acceptors (Lipinski definition) is 5. The Balaban J connectivity index is 2.31. The van der Waals surface area contributed by atoms with Crippen molar-refractivity contribution in [3.05, 3.63) is 36.0 Å². The third kappa shape index (κ3) is 4.89. The summed E-state index contributed by atoms with van der Waals surface area (Å²) < 4.78 is 25.6. The van der Waals surface area contributed by atoms with Crippen molar-refractivity contribution in [1.82, 2.24) is 14.6 Å². The van der Waals surface area contributed by atoms with E-state index in [4.69, 9.17) is 5.26 Å². The van der Waals surface area contributed by atoms with Gasteiger partial charge in [0.25, 0.3) is 5.91 Å². The van der Waals surface area contributed by atoms with Crippen LogP contribution in [0.1, 0.15) is 37.6 Å². The van der Waals surface area contributed by atoms with Crippen LogP contribution in [0, 0.1) is 17.2 Å². The first-order valence-corrected chi connectivity index (χ1v) is 10.6. The van der Waals surface area contributed by atoms with Crippen molar-refractivity contribution in [2.24, 2.45) is 5.92 Å². The number of fused-ring (bicyclic) bond motifs is 1. The SMILES string of the molecule is CCS(=O)(=O)n1ccc2ccc(C(=O)NC(CC(C)C)C(=O)NCC#N)cc21. The second-order valence-electron chi connectivity index (χ2n) is 6.82. The Morgan fingerprint density at radius 2 is 1.96 bits per heavy atom. The fourth-order valence-corrected chi connectivity index (χ4v) is 3.80. The number of rotatable bonds is 8. The molecule has 8 nitrogen and oxygen atoms in total. The van der Waals surface area contributed by atoms with E-state index >= 15 is 0 Å². The van der Waals surface area contributed by atoms with Gasteiger partial charge in [-0.25, -0.2) is 12.4 Å². The predicted octanol–water partition coefficient (Wildman–Crippen LogP) is 1.62. The van der Waals surface area contributed by atoms with Gasteiger partial charge >= 0.3 is 0 Å². The molecule has 150 valence electrons. The van der Waals surface area contributed by atoms with Crippen LogP contribution in [-0.4, -0.2) is 42.5 Å². The molecule has 0 aliphatic carbocycles. The summed E-state index contributed by atoms with van der Waals surface area (Å²) in [5.74, 6) is -0.835. The quantitative estimate of drug-likeness (QED) is 0.648. The van der Waals surface area contributed by atoms with Gasteiger partial charge in [0.1, 0.15) is 12.6 Å². The molecule has 1 aromatic carbocycles. The van der Waals surface area contributed by atoms with Crippen molar-refractivity contribution in [1.29, 1.82) is 5.26 Å². The lowest BCUT2D eigenvalue weighted by Crippen LogP contribution is -2.47. The van der Waals surface area contributed by atoms with Gasteiger partial charge in [0.15, 0.2) is 0 Å². The molecule has 0 saturated carbocycles. The molecule has 1 unspecified atom stereocenters. The summed E-state index contributed by atoms with van der Waals surface area (Å²) in [5, 5.41) is 14.5. The molecule has 2 amide bonds. The summed E-state index contributed by atoms with van der Waals surface area (Å²) in [6.07, 6.45) is 1.87. The van der Waals surface area contributed by atoms with Gasteiger partial charge in [-0.15, -0.1) is 0 Å². The van der Waals surface area contributed by atoms with E-state index < -0.39 is 27.9 Å². The Morgan fingerprint density at radius 3 is 2.57 bits per heavy atom. The minimum atomic E-state index is -3.50. The smallest absolute Gasteiger partial charge is 0.252 e. The third-order valence-corrected chi connectivity index (χ3v) is 5.90. The molecule has 0 saturated heterocycles. The molecule has 2 rings (SSSR count). The van der Waals surface area contributed by atoms with Crippen LogP contribution in [0.2, 0.25) is 0 Å². The predicted molar refractivity (Wildman–Crippen MR) is 106 cm³/mol. The van der Waals surface area contributed by atoms with Crippen LogP contribution in [0.3, 0.4) is 0 Å².